The third-order valence-electron chi connectivity index (χ3n) is 2.72. The molecular formula is C13H18N4. The third kappa shape index (κ3) is 2.71. The van der Waals surface area contributed by atoms with Gasteiger partial charge in [0.25, 0.3) is 0 Å². The smallest absolute Gasteiger partial charge is 0.110 e. The van der Waals surface area contributed by atoms with E-state index >= 15 is 0 Å². The molecule has 2 aromatic rings. The molecule has 0 aliphatic rings. The summed E-state index contributed by atoms with van der Waals surface area (Å²) in [7, 11) is 0. The standard InChI is InChI=1S/C13H18N4/c1-3-5-14-9-12-4-6-15-10-13(12)17-8-7-16-11(17)2/h4,6-8,10,14H,3,5,9H2,1-2H3. The number of imidazole rings is 1. The lowest BCUT2D eigenvalue weighted by molar-refractivity contribution is 0.671. The number of nitrogens with zero attached hydrogens (tertiary/aromatic N) is 3. The number of rotatable bonds is 5. The largest absolute Gasteiger partial charge is 0.313 e. The van der Waals surface area contributed by atoms with E-state index in [1.165, 1.54) is 5.56 Å². The fraction of sp³-hybridized carbons (Fsp3) is 0.385. The van der Waals surface area contributed by atoms with Crippen LogP contribution in [0.1, 0.15) is 24.7 Å². The van der Waals surface area contributed by atoms with Crippen molar-refractivity contribution in [2.24, 2.45) is 0 Å². The van der Waals surface area contributed by atoms with E-state index in [2.05, 4.69) is 32.8 Å². The number of aromatic nitrogens is 3. The van der Waals surface area contributed by atoms with Crippen LogP contribution in [0.2, 0.25) is 0 Å². The highest BCUT2D eigenvalue weighted by atomic mass is 15.1. The molecule has 0 aromatic carbocycles. The summed E-state index contributed by atoms with van der Waals surface area (Å²) in [6.45, 7) is 6.06. The molecule has 0 unspecified atom stereocenters. The molecule has 0 aliphatic carbocycles. The molecule has 90 valence electrons. The Balaban J connectivity index is 2.25. The van der Waals surface area contributed by atoms with E-state index in [0.717, 1.165) is 31.0 Å². The Kier molecular flexibility index (Phi) is 3.88. The number of hydrogen-bond donors (Lipinski definition) is 1. The SMILES string of the molecule is CCCNCc1ccncc1-n1ccnc1C. The molecule has 0 bridgehead atoms. The number of aryl methyl sites for hydroxylation is 1. The normalized spacial score (nSPS) is 10.7. The summed E-state index contributed by atoms with van der Waals surface area (Å²) >= 11 is 0. The second-order valence-electron chi connectivity index (χ2n) is 4.03. The monoisotopic (exact) mass is 230 g/mol. The molecule has 17 heavy (non-hydrogen) atoms. The van der Waals surface area contributed by atoms with Crippen LogP contribution in [0.5, 0.6) is 0 Å². The van der Waals surface area contributed by atoms with Gasteiger partial charge in [-0.15, -0.1) is 0 Å². The lowest BCUT2D eigenvalue weighted by atomic mass is 10.2. The maximum absolute atomic E-state index is 4.25. The van der Waals surface area contributed by atoms with Gasteiger partial charge < -0.3 is 9.88 Å². The summed E-state index contributed by atoms with van der Waals surface area (Å²) in [5.74, 6) is 0.981. The highest BCUT2D eigenvalue weighted by Gasteiger charge is 2.06. The second-order valence-corrected chi connectivity index (χ2v) is 4.03. The zero-order valence-electron chi connectivity index (χ0n) is 10.3. The third-order valence-corrected chi connectivity index (χ3v) is 2.72. The molecule has 0 fully saturated rings. The van der Waals surface area contributed by atoms with Crippen LogP contribution in [0.15, 0.2) is 30.9 Å². The van der Waals surface area contributed by atoms with Gasteiger partial charge in [-0.3, -0.25) is 4.98 Å². The van der Waals surface area contributed by atoms with Gasteiger partial charge in [-0.05, 0) is 31.5 Å². The molecule has 0 aliphatic heterocycles. The fourth-order valence-corrected chi connectivity index (χ4v) is 1.81. The first kappa shape index (κ1) is 11.8. The van der Waals surface area contributed by atoms with E-state index in [1.54, 1.807) is 0 Å². The first-order valence-corrected chi connectivity index (χ1v) is 5.97. The number of pyridine rings is 1. The van der Waals surface area contributed by atoms with E-state index in [-0.39, 0.29) is 0 Å². The van der Waals surface area contributed by atoms with Crippen LogP contribution >= 0.6 is 0 Å². The van der Waals surface area contributed by atoms with Crippen LogP contribution in [-0.4, -0.2) is 21.1 Å². The average Bonchev–Trinajstić information content (AvgIpc) is 2.76. The molecule has 0 spiro atoms. The predicted octanol–water partition coefficient (Wildman–Crippen LogP) is 2.08. The molecule has 4 nitrogen and oxygen atoms in total. The van der Waals surface area contributed by atoms with Gasteiger partial charge in [-0.1, -0.05) is 6.92 Å². The Labute approximate surface area is 102 Å². The minimum Gasteiger partial charge on any atom is -0.313 e. The van der Waals surface area contributed by atoms with Crippen molar-refractivity contribution in [3.8, 4) is 5.69 Å². The summed E-state index contributed by atoms with van der Waals surface area (Å²) in [5.41, 5.74) is 2.35. The quantitative estimate of drug-likeness (QED) is 0.800. The molecule has 2 aromatic heterocycles. The van der Waals surface area contributed by atoms with Crippen LogP contribution in [0.4, 0.5) is 0 Å². The molecule has 0 radical (unpaired) electrons. The first-order chi connectivity index (χ1) is 8.33. The van der Waals surface area contributed by atoms with Gasteiger partial charge in [0.05, 0.1) is 11.9 Å². The Bertz CT molecular complexity index is 476. The van der Waals surface area contributed by atoms with E-state index in [0.29, 0.717) is 0 Å². The summed E-state index contributed by atoms with van der Waals surface area (Å²) in [4.78, 5) is 8.44. The molecule has 0 saturated heterocycles. The zero-order chi connectivity index (χ0) is 12.1. The second kappa shape index (κ2) is 5.59. The Morgan fingerprint density at radius 3 is 2.94 bits per heavy atom. The van der Waals surface area contributed by atoms with Crippen LogP contribution in [0.25, 0.3) is 5.69 Å². The van der Waals surface area contributed by atoms with Crippen LogP contribution < -0.4 is 5.32 Å². The molecule has 4 heteroatoms. The minimum absolute atomic E-state index is 0.864. The first-order valence-electron chi connectivity index (χ1n) is 5.97. The predicted molar refractivity (Wildman–Crippen MR) is 68.1 cm³/mol. The summed E-state index contributed by atoms with van der Waals surface area (Å²) in [5, 5.41) is 3.41. The van der Waals surface area contributed by atoms with Crippen molar-refractivity contribution < 1.29 is 0 Å². The molecule has 2 rings (SSSR count). The van der Waals surface area contributed by atoms with E-state index < -0.39 is 0 Å². The fourth-order valence-electron chi connectivity index (χ4n) is 1.81. The topological polar surface area (TPSA) is 42.7 Å². The maximum atomic E-state index is 4.25. The van der Waals surface area contributed by atoms with E-state index in [4.69, 9.17) is 0 Å². The van der Waals surface area contributed by atoms with Crippen LogP contribution in [-0.2, 0) is 6.54 Å². The van der Waals surface area contributed by atoms with Crippen LogP contribution in [0, 0.1) is 6.92 Å². The van der Waals surface area contributed by atoms with Crippen molar-refractivity contribution in [1.82, 2.24) is 19.9 Å². The van der Waals surface area contributed by atoms with Crippen molar-refractivity contribution in [3.63, 3.8) is 0 Å². The van der Waals surface area contributed by atoms with E-state index in [1.807, 2.05) is 31.7 Å². The molecule has 0 saturated carbocycles. The molecule has 0 atom stereocenters. The van der Waals surface area contributed by atoms with Crippen molar-refractivity contribution in [1.29, 1.82) is 0 Å². The summed E-state index contributed by atoms with van der Waals surface area (Å²) < 4.78 is 2.07. The van der Waals surface area contributed by atoms with Crippen molar-refractivity contribution >= 4 is 0 Å². The van der Waals surface area contributed by atoms with E-state index in [9.17, 15) is 0 Å². The highest BCUT2D eigenvalue weighted by Crippen LogP contribution is 2.14. The lowest BCUT2D eigenvalue weighted by Gasteiger charge is -2.11. The average molecular weight is 230 g/mol. The number of nitrogens with one attached hydrogen (secondary N) is 1. The van der Waals surface area contributed by atoms with Gasteiger partial charge in [-0.25, -0.2) is 4.98 Å². The van der Waals surface area contributed by atoms with Gasteiger partial charge in [0.15, 0.2) is 0 Å². The molecular weight excluding hydrogens is 212 g/mol. The van der Waals surface area contributed by atoms with Gasteiger partial charge in [0, 0.05) is 25.1 Å². The Morgan fingerprint density at radius 1 is 1.35 bits per heavy atom. The van der Waals surface area contributed by atoms with Crippen LogP contribution in [0.3, 0.4) is 0 Å². The maximum Gasteiger partial charge on any atom is 0.110 e. The number of hydrogen-bond acceptors (Lipinski definition) is 3. The van der Waals surface area contributed by atoms with Gasteiger partial charge in [0.1, 0.15) is 5.82 Å². The minimum atomic E-state index is 0.864. The van der Waals surface area contributed by atoms with Crippen molar-refractivity contribution in [2.75, 3.05) is 6.54 Å². The summed E-state index contributed by atoms with van der Waals surface area (Å²) in [6.07, 6.45) is 8.64. The summed E-state index contributed by atoms with van der Waals surface area (Å²) in [6, 6.07) is 2.05. The zero-order valence-corrected chi connectivity index (χ0v) is 10.3. The van der Waals surface area contributed by atoms with Gasteiger partial charge >= 0.3 is 0 Å². The Hall–Kier alpha value is -1.68. The Morgan fingerprint density at radius 2 is 2.24 bits per heavy atom. The van der Waals surface area contributed by atoms with Crippen molar-refractivity contribution in [2.45, 2.75) is 26.8 Å². The molecule has 2 heterocycles. The van der Waals surface area contributed by atoms with Gasteiger partial charge in [-0.2, -0.15) is 0 Å². The molecule has 0 amide bonds. The highest BCUT2D eigenvalue weighted by molar-refractivity contribution is 5.39. The molecule has 1 N–H and O–H groups in total. The van der Waals surface area contributed by atoms with Gasteiger partial charge in [0.2, 0.25) is 0 Å². The van der Waals surface area contributed by atoms with Crippen molar-refractivity contribution in [3.05, 3.63) is 42.2 Å². The lowest BCUT2D eigenvalue weighted by Crippen LogP contribution is -2.15.